The zero-order valence-corrected chi connectivity index (χ0v) is 7.05. The Morgan fingerprint density at radius 2 is 2.25 bits per heavy atom. The second-order valence-electron chi connectivity index (χ2n) is 2.70. The van der Waals surface area contributed by atoms with E-state index in [2.05, 4.69) is 20.5 Å². The van der Waals surface area contributed by atoms with Crippen molar-refractivity contribution in [2.45, 2.75) is 6.92 Å². The number of nitrogens with one attached hydrogen (secondary N) is 2. The van der Waals surface area contributed by atoms with E-state index in [-0.39, 0.29) is 0 Å². The van der Waals surface area contributed by atoms with E-state index in [9.17, 15) is 0 Å². The third-order valence-corrected chi connectivity index (χ3v) is 1.92. The molecule has 62 valence electrons. The number of anilines is 1. The molecule has 0 unspecified atom stereocenters. The molecule has 2 rings (SSSR count). The van der Waals surface area contributed by atoms with Crippen molar-refractivity contribution in [3.05, 3.63) is 18.0 Å². The standard InChI is InChI=1S/C8H10N4/c1-5-3-10-8-6(4-11-12-8)7(5)9-2/h3-4H,1-2H3,(H2,9,10,11,12). The lowest BCUT2D eigenvalue weighted by molar-refractivity contribution is 1.10. The fourth-order valence-corrected chi connectivity index (χ4v) is 1.33. The molecule has 2 heterocycles. The highest BCUT2D eigenvalue weighted by atomic mass is 15.1. The molecule has 0 saturated heterocycles. The number of fused-ring (bicyclic) bond motifs is 1. The van der Waals surface area contributed by atoms with Crippen LogP contribution in [0.4, 0.5) is 5.69 Å². The molecule has 0 spiro atoms. The molecule has 0 amide bonds. The van der Waals surface area contributed by atoms with E-state index in [1.165, 1.54) is 0 Å². The average molecular weight is 162 g/mol. The normalized spacial score (nSPS) is 10.5. The predicted molar refractivity (Wildman–Crippen MR) is 48.2 cm³/mol. The van der Waals surface area contributed by atoms with Crippen LogP contribution in [0.3, 0.4) is 0 Å². The first-order valence-electron chi connectivity index (χ1n) is 3.79. The highest BCUT2D eigenvalue weighted by molar-refractivity contribution is 5.89. The first kappa shape index (κ1) is 7.09. The van der Waals surface area contributed by atoms with Gasteiger partial charge in [0.15, 0.2) is 5.65 Å². The number of hydrogen-bond acceptors (Lipinski definition) is 3. The van der Waals surface area contributed by atoms with E-state index in [0.717, 1.165) is 22.3 Å². The maximum absolute atomic E-state index is 4.19. The lowest BCUT2D eigenvalue weighted by Gasteiger charge is -2.03. The van der Waals surface area contributed by atoms with Crippen LogP contribution in [0.1, 0.15) is 5.56 Å². The molecular weight excluding hydrogens is 152 g/mol. The summed E-state index contributed by atoms with van der Waals surface area (Å²) in [5.74, 6) is 0. The summed E-state index contributed by atoms with van der Waals surface area (Å²) in [7, 11) is 1.90. The highest BCUT2D eigenvalue weighted by Crippen LogP contribution is 2.22. The van der Waals surface area contributed by atoms with E-state index in [0.29, 0.717) is 0 Å². The van der Waals surface area contributed by atoms with Gasteiger partial charge in [-0.25, -0.2) is 4.98 Å². The van der Waals surface area contributed by atoms with E-state index in [1.807, 2.05) is 20.2 Å². The summed E-state index contributed by atoms with van der Waals surface area (Å²) in [6.07, 6.45) is 3.60. The zero-order valence-electron chi connectivity index (χ0n) is 7.05. The fraction of sp³-hybridized carbons (Fsp3) is 0.250. The Labute approximate surface area is 70.0 Å². The highest BCUT2D eigenvalue weighted by Gasteiger charge is 2.04. The summed E-state index contributed by atoms with van der Waals surface area (Å²) in [6, 6.07) is 0. The molecule has 0 radical (unpaired) electrons. The second kappa shape index (κ2) is 2.48. The van der Waals surface area contributed by atoms with E-state index >= 15 is 0 Å². The van der Waals surface area contributed by atoms with Gasteiger partial charge in [-0.2, -0.15) is 5.10 Å². The molecule has 0 aromatic carbocycles. The van der Waals surface area contributed by atoms with Crippen molar-refractivity contribution in [3.8, 4) is 0 Å². The molecule has 2 aromatic heterocycles. The van der Waals surface area contributed by atoms with Gasteiger partial charge in [0.1, 0.15) is 0 Å². The summed E-state index contributed by atoms with van der Waals surface area (Å²) in [4.78, 5) is 4.19. The quantitative estimate of drug-likeness (QED) is 0.664. The molecule has 0 bridgehead atoms. The molecule has 0 saturated carbocycles. The topological polar surface area (TPSA) is 53.6 Å². The first-order chi connectivity index (χ1) is 5.83. The van der Waals surface area contributed by atoms with Gasteiger partial charge in [-0.05, 0) is 12.5 Å². The van der Waals surface area contributed by atoms with Crippen molar-refractivity contribution in [2.24, 2.45) is 0 Å². The summed E-state index contributed by atoms with van der Waals surface area (Å²) >= 11 is 0. The lowest BCUT2D eigenvalue weighted by atomic mass is 10.2. The number of aryl methyl sites for hydroxylation is 1. The molecule has 0 aliphatic heterocycles. The Morgan fingerprint density at radius 1 is 1.42 bits per heavy atom. The smallest absolute Gasteiger partial charge is 0.157 e. The predicted octanol–water partition coefficient (Wildman–Crippen LogP) is 1.31. The molecule has 4 heteroatoms. The molecule has 2 N–H and O–H groups in total. The molecule has 0 fully saturated rings. The Balaban J connectivity index is 2.83. The Kier molecular flexibility index (Phi) is 1.46. The number of nitrogens with zero attached hydrogens (tertiary/aromatic N) is 2. The maximum Gasteiger partial charge on any atom is 0.157 e. The third-order valence-electron chi connectivity index (χ3n) is 1.92. The van der Waals surface area contributed by atoms with Gasteiger partial charge in [-0.3, -0.25) is 5.10 Å². The molecule has 0 aliphatic carbocycles. The number of pyridine rings is 1. The van der Waals surface area contributed by atoms with Gasteiger partial charge in [0.05, 0.1) is 17.3 Å². The minimum absolute atomic E-state index is 0.824. The second-order valence-corrected chi connectivity index (χ2v) is 2.70. The number of hydrogen-bond donors (Lipinski definition) is 2. The average Bonchev–Trinajstić information content (AvgIpc) is 2.52. The van der Waals surface area contributed by atoms with Crippen LogP contribution in [0.5, 0.6) is 0 Å². The van der Waals surface area contributed by atoms with Gasteiger partial charge in [0, 0.05) is 13.2 Å². The van der Waals surface area contributed by atoms with Gasteiger partial charge in [0.25, 0.3) is 0 Å². The van der Waals surface area contributed by atoms with Crippen LogP contribution in [-0.2, 0) is 0 Å². The summed E-state index contributed by atoms with van der Waals surface area (Å²) in [5.41, 5.74) is 3.05. The van der Waals surface area contributed by atoms with Crippen LogP contribution >= 0.6 is 0 Å². The van der Waals surface area contributed by atoms with Crippen LogP contribution in [-0.4, -0.2) is 22.2 Å². The summed E-state index contributed by atoms with van der Waals surface area (Å²) < 4.78 is 0. The first-order valence-corrected chi connectivity index (χ1v) is 3.79. The van der Waals surface area contributed by atoms with E-state index in [1.54, 1.807) is 6.20 Å². The largest absolute Gasteiger partial charge is 0.387 e. The lowest BCUT2D eigenvalue weighted by Crippen LogP contribution is -1.93. The van der Waals surface area contributed by atoms with Gasteiger partial charge in [-0.15, -0.1) is 0 Å². The van der Waals surface area contributed by atoms with Crippen LogP contribution in [0, 0.1) is 6.92 Å². The van der Waals surface area contributed by atoms with Gasteiger partial charge >= 0.3 is 0 Å². The van der Waals surface area contributed by atoms with Crippen molar-refractivity contribution >= 4 is 16.7 Å². The fourth-order valence-electron chi connectivity index (χ4n) is 1.33. The number of aromatic amines is 1. The Hall–Kier alpha value is -1.58. The number of rotatable bonds is 1. The van der Waals surface area contributed by atoms with Crippen LogP contribution in [0.2, 0.25) is 0 Å². The van der Waals surface area contributed by atoms with Crippen LogP contribution in [0.15, 0.2) is 12.4 Å². The van der Waals surface area contributed by atoms with Crippen LogP contribution < -0.4 is 5.32 Å². The molecule has 12 heavy (non-hydrogen) atoms. The van der Waals surface area contributed by atoms with Crippen molar-refractivity contribution in [2.75, 3.05) is 12.4 Å². The summed E-state index contributed by atoms with van der Waals surface area (Å²) in [5, 5.41) is 10.9. The van der Waals surface area contributed by atoms with E-state index in [4.69, 9.17) is 0 Å². The van der Waals surface area contributed by atoms with Gasteiger partial charge in [-0.1, -0.05) is 0 Å². The Bertz CT molecular complexity index is 404. The molecular formula is C8H10N4. The maximum atomic E-state index is 4.19. The zero-order chi connectivity index (χ0) is 8.55. The molecule has 0 aliphatic rings. The summed E-state index contributed by atoms with van der Waals surface area (Å²) in [6.45, 7) is 2.02. The van der Waals surface area contributed by atoms with Crippen LogP contribution in [0.25, 0.3) is 11.0 Å². The van der Waals surface area contributed by atoms with E-state index < -0.39 is 0 Å². The number of H-pyrrole nitrogens is 1. The van der Waals surface area contributed by atoms with Crippen molar-refractivity contribution in [1.82, 2.24) is 15.2 Å². The van der Waals surface area contributed by atoms with Gasteiger partial charge in [0.2, 0.25) is 0 Å². The van der Waals surface area contributed by atoms with Crippen molar-refractivity contribution in [3.63, 3.8) is 0 Å². The third kappa shape index (κ3) is 0.845. The Morgan fingerprint density at radius 3 is 3.00 bits per heavy atom. The van der Waals surface area contributed by atoms with Crippen molar-refractivity contribution in [1.29, 1.82) is 0 Å². The van der Waals surface area contributed by atoms with Gasteiger partial charge < -0.3 is 5.32 Å². The minimum Gasteiger partial charge on any atom is -0.387 e. The van der Waals surface area contributed by atoms with Crippen molar-refractivity contribution < 1.29 is 0 Å². The number of aromatic nitrogens is 3. The molecule has 0 atom stereocenters. The SMILES string of the molecule is CNc1c(C)cnc2[nH]ncc12. The molecule has 4 nitrogen and oxygen atoms in total. The molecule has 2 aromatic rings. The minimum atomic E-state index is 0.824. The monoisotopic (exact) mass is 162 g/mol.